The summed E-state index contributed by atoms with van der Waals surface area (Å²) in [5.41, 5.74) is 4.29. The highest BCUT2D eigenvalue weighted by Gasteiger charge is 2.15. The standard InChI is InChI=1S/C21H26N2O2S/c1-16-8-6-10-20(14-16)26(24,25)22-21-11-7-9-19(18(21)3)13-12-17(2)15-23(4)5/h6-14,22H,2,15H2,1,3-5H3/b13-12-. The van der Waals surface area contributed by atoms with Gasteiger partial charge in [-0.2, -0.15) is 0 Å². The molecule has 2 aromatic carbocycles. The van der Waals surface area contributed by atoms with Gasteiger partial charge in [0, 0.05) is 6.54 Å². The number of hydrogen-bond acceptors (Lipinski definition) is 3. The summed E-state index contributed by atoms with van der Waals surface area (Å²) < 4.78 is 28.0. The van der Waals surface area contributed by atoms with Crippen LogP contribution in [0.15, 0.2) is 65.6 Å². The van der Waals surface area contributed by atoms with E-state index in [4.69, 9.17) is 0 Å². The van der Waals surface area contributed by atoms with Crippen molar-refractivity contribution in [3.63, 3.8) is 0 Å². The van der Waals surface area contributed by atoms with Crippen LogP contribution >= 0.6 is 0 Å². The molecule has 0 amide bonds. The lowest BCUT2D eigenvalue weighted by Crippen LogP contribution is -2.14. The van der Waals surface area contributed by atoms with E-state index in [0.717, 1.165) is 28.8 Å². The van der Waals surface area contributed by atoms with Gasteiger partial charge in [0.05, 0.1) is 10.6 Å². The number of nitrogens with zero attached hydrogens (tertiary/aromatic N) is 1. The molecule has 0 unspecified atom stereocenters. The Hall–Kier alpha value is -2.37. The van der Waals surface area contributed by atoms with Crippen LogP contribution in [0.3, 0.4) is 0 Å². The van der Waals surface area contributed by atoms with Crippen molar-refractivity contribution in [2.75, 3.05) is 25.4 Å². The second-order valence-corrected chi connectivity index (χ2v) is 8.35. The Morgan fingerprint density at radius 1 is 1.15 bits per heavy atom. The summed E-state index contributed by atoms with van der Waals surface area (Å²) in [7, 11) is 0.361. The summed E-state index contributed by atoms with van der Waals surface area (Å²) in [5, 5.41) is 0. The van der Waals surface area contributed by atoms with Gasteiger partial charge >= 0.3 is 0 Å². The van der Waals surface area contributed by atoms with Crippen LogP contribution in [0.1, 0.15) is 16.7 Å². The van der Waals surface area contributed by atoms with Crippen LogP contribution in [-0.4, -0.2) is 34.0 Å². The largest absolute Gasteiger partial charge is 0.305 e. The minimum Gasteiger partial charge on any atom is -0.305 e. The highest BCUT2D eigenvalue weighted by molar-refractivity contribution is 7.92. The normalized spacial score (nSPS) is 11.9. The van der Waals surface area contributed by atoms with Gasteiger partial charge in [-0.05, 0) is 68.4 Å². The lowest BCUT2D eigenvalue weighted by molar-refractivity contribution is 0.449. The Labute approximate surface area is 156 Å². The lowest BCUT2D eigenvalue weighted by Gasteiger charge is -2.13. The molecule has 4 nitrogen and oxygen atoms in total. The van der Waals surface area contributed by atoms with Crippen molar-refractivity contribution < 1.29 is 8.42 Å². The van der Waals surface area contributed by atoms with Crippen molar-refractivity contribution in [2.24, 2.45) is 0 Å². The van der Waals surface area contributed by atoms with Crippen LogP contribution in [0.2, 0.25) is 0 Å². The molecule has 2 aromatic rings. The second kappa shape index (κ2) is 8.34. The first-order chi connectivity index (χ1) is 12.2. The molecule has 26 heavy (non-hydrogen) atoms. The zero-order valence-corrected chi connectivity index (χ0v) is 16.6. The van der Waals surface area contributed by atoms with Crippen molar-refractivity contribution in [3.05, 3.63) is 77.4 Å². The van der Waals surface area contributed by atoms with E-state index in [1.54, 1.807) is 24.3 Å². The first kappa shape index (κ1) is 19.9. The summed E-state index contributed by atoms with van der Waals surface area (Å²) >= 11 is 0. The van der Waals surface area contributed by atoms with Crippen molar-refractivity contribution in [1.82, 2.24) is 4.90 Å². The number of benzene rings is 2. The molecule has 2 rings (SSSR count). The fraction of sp³-hybridized carbons (Fsp3) is 0.238. The molecule has 0 heterocycles. The van der Waals surface area contributed by atoms with Gasteiger partial charge in [0.2, 0.25) is 0 Å². The summed E-state index contributed by atoms with van der Waals surface area (Å²) in [5.74, 6) is 0. The third kappa shape index (κ3) is 5.31. The van der Waals surface area contributed by atoms with Gasteiger partial charge in [0.25, 0.3) is 10.0 Å². The molecule has 0 aromatic heterocycles. The summed E-state index contributed by atoms with van der Waals surface area (Å²) in [4.78, 5) is 2.31. The number of aryl methyl sites for hydroxylation is 1. The van der Waals surface area contributed by atoms with Crippen molar-refractivity contribution >= 4 is 21.8 Å². The molecule has 5 heteroatoms. The maximum atomic E-state index is 12.7. The predicted molar refractivity (Wildman–Crippen MR) is 110 cm³/mol. The molecule has 0 radical (unpaired) electrons. The van der Waals surface area contributed by atoms with Crippen molar-refractivity contribution in [3.8, 4) is 0 Å². The topological polar surface area (TPSA) is 49.4 Å². The molecule has 0 fully saturated rings. The SMILES string of the molecule is C=C(/C=C\c1cccc(NS(=O)(=O)c2cccc(C)c2)c1C)CN(C)C. The van der Waals surface area contributed by atoms with Gasteiger partial charge in [-0.25, -0.2) is 8.42 Å². The highest BCUT2D eigenvalue weighted by Crippen LogP contribution is 2.24. The molecule has 0 saturated carbocycles. The molecular formula is C21H26N2O2S. The van der Waals surface area contributed by atoms with Crippen LogP contribution < -0.4 is 4.72 Å². The van der Waals surface area contributed by atoms with Crippen LogP contribution in [0, 0.1) is 13.8 Å². The predicted octanol–water partition coefficient (Wildman–Crippen LogP) is 4.24. The molecular weight excluding hydrogens is 344 g/mol. The van der Waals surface area contributed by atoms with Gasteiger partial charge in [-0.1, -0.05) is 43.0 Å². The van der Waals surface area contributed by atoms with E-state index in [0.29, 0.717) is 5.69 Å². The Balaban J connectivity index is 2.26. The third-order valence-corrected chi connectivity index (χ3v) is 5.30. The average Bonchev–Trinajstić information content (AvgIpc) is 2.55. The molecule has 0 aliphatic heterocycles. The van der Waals surface area contributed by atoms with E-state index in [1.807, 2.05) is 63.2 Å². The molecule has 0 atom stereocenters. The third-order valence-electron chi connectivity index (χ3n) is 3.94. The maximum Gasteiger partial charge on any atom is 0.261 e. The quantitative estimate of drug-likeness (QED) is 0.742. The zero-order chi connectivity index (χ0) is 19.3. The molecule has 0 bridgehead atoms. The highest BCUT2D eigenvalue weighted by atomic mass is 32.2. The number of likely N-dealkylation sites (N-methyl/N-ethyl adjacent to an activating group) is 1. The molecule has 138 valence electrons. The number of nitrogens with one attached hydrogen (secondary N) is 1. The van der Waals surface area contributed by atoms with Crippen LogP contribution in [0.4, 0.5) is 5.69 Å². The van der Waals surface area contributed by atoms with E-state index in [-0.39, 0.29) is 4.90 Å². The lowest BCUT2D eigenvalue weighted by atomic mass is 10.1. The Morgan fingerprint density at radius 2 is 1.85 bits per heavy atom. The molecule has 0 spiro atoms. The molecule has 1 N–H and O–H groups in total. The van der Waals surface area contributed by atoms with Crippen LogP contribution in [0.25, 0.3) is 6.08 Å². The number of sulfonamides is 1. The van der Waals surface area contributed by atoms with E-state index in [1.165, 1.54) is 0 Å². The average molecular weight is 371 g/mol. The smallest absolute Gasteiger partial charge is 0.261 e. The summed E-state index contributed by atoms with van der Waals surface area (Å²) in [6, 6.07) is 12.4. The number of anilines is 1. The van der Waals surface area contributed by atoms with E-state index in [9.17, 15) is 8.42 Å². The summed E-state index contributed by atoms with van der Waals surface area (Å²) in [6.45, 7) is 8.58. The van der Waals surface area contributed by atoms with E-state index >= 15 is 0 Å². The van der Waals surface area contributed by atoms with E-state index < -0.39 is 10.0 Å². The van der Waals surface area contributed by atoms with Gasteiger partial charge in [0.15, 0.2) is 0 Å². The molecule has 0 saturated heterocycles. The van der Waals surface area contributed by atoms with Crippen molar-refractivity contribution in [1.29, 1.82) is 0 Å². The second-order valence-electron chi connectivity index (χ2n) is 6.67. The molecule has 0 aliphatic carbocycles. The van der Waals surface area contributed by atoms with Gasteiger partial charge in [-0.3, -0.25) is 4.72 Å². The minimum atomic E-state index is -3.62. The minimum absolute atomic E-state index is 0.261. The Bertz CT molecular complexity index is 929. The number of rotatable bonds is 7. The van der Waals surface area contributed by atoms with Crippen LogP contribution in [0.5, 0.6) is 0 Å². The van der Waals surface area contributed by atoms with Gasteiger partial charge in [0.1, 0.15) is 0 Å². The molecule has 0 aliphatic rings. The Morgan fingerprint density at radius 3 is 2.50 bits per heavy atom. The first-order valence-corrected chi connectivity index (χ1v) is 9.87. The van der Waals surface area contributed by atoms with Gasteiger partial charge in [-0.15, -0.1) is 0 Å². The van der Waals surface area contributed by atoms with E-state index in [2.05, 4.69) is 11.3 Å². The monoisotopic (exact) mass is 370 g/mol. The van der Waals surface area contributed by atoms with Gasteiger partial charge < -0.3 is 4.90 Å². The maximum absolute atomic E-state index is 12.7. The fourth-order valence-electron chi connectivity index (χ4n) is 2.60. The van der Waals surface area contributed by atoms with Crippen molar-refractivity contribution in [2.45, 2.75) is 18.7 Å². The summed E-state index contributed by atoms with van der Waals surface area (Å²) in [6.07, 6.45) is 3.92. The Kier molecular flexibility index (Phi) is 6.40. The first-order valence-electron chi connectivity index (χ1n) is 8.39. The fourth-order valence-corrected chi connectivity index (χ4v) is 3.82. The van der Waals surface area contributed by atoms with Crippen LogP contribution in [-0.2, 0) is 10.0 Å². The zero-order valence-electron chi connectivity index (χ0n) is 15.8. The number of hydrogen-bond donors (Lipinski definition) is 1.